The zero-order chi connectivity index (χ0) is 11.4. The zero-order valence-corrected chi connectivity index (χ0v) is 9.76. The van der Waals surface area contributed by atoms with E-state index in [0.29, 0.717) is 18.4 Å². The summed E-state index contributed by atoms with van der Waals surface area (Å²) in [6.07, 6.45) is 1.87. The number of hydrogen-bond donors (Lipinski definition) is 0. The van der Waals surface area contributed by atoms with Crippen LogP contribution in [0.4, 0.5) is 0 Å². The van der Waals surface area contributed by atoms with Crippen molar-refractivity contribution >= 4 is 0 Å². The van der Waals surface area contributed by atoms with Gasteiger partial charge in [-0.3, -0.25) is 4.90 Å². The largest absolute Gasteiger partial charge is 0.296 e. The first kappa shape index (κ1) is 11.2. The fourth-order valence-electron chi connectivity index (χ4n) is 2.53. The van der Waals surface area contributed by atoms with Crippen LogP contribution in [0.1, 0.15) is 25.3 Å². The van der Waals surface area contributed by atoms with E-state index in [-0.39, 0.29) is 0 Å². The molecular weight excluding hydrogens is 196 g/mol. The molecule has 2 heteroatoms. The van der Waals surface area contributed by atoms with Crippen LogP contribution >= 0.6 is 0 Å². The lowest BCUT2D eigenvalue weighted by atomic mass is 10.0. The van der Waals surface area contributed by atoms with Gasteiger partial charge in [0.05, 0.1) is 6.07 Å². The maximum atomic E-state index is 8.72. The van der Waals surface area contributed by atoms with E-state index in [1.54, 1.807) is 0 Å². The molecule has 2 nitrogen and oxygen atoms in total. The van der Waals surface area contributed by atoms with Gasteiger partial charge in [0.25, 0.3) is 0 Å². The highest BCUT2D eigenvalue weighted by molar-refractivity contribution is 5.14. The molecule has 1 saturated heterocycles. The quantitative estimate of drug-likeness (QED) is 0.773. The third-order valence-electron chi connectivity index (χ3n) is 3.40. The van der Waals surface area contributed by atoms with Crippen LogP contribution in [0, 0.1) is 17.2 Å². The van der Waals surface area contributed by atoms with Crippen molar-refractivity contribution in [3.05, 3.63) is 35.9 Å². The first-order valence-corrected chi connectivity index (χ1v) is 5.94. The minimum atomic E-state index is 0.573. The molecule has 2 atom stereocenters. The highest BCUT2D eigenvalue weighted by atomic mass is 15.2. The minimum absolute atomic E-state index is 0.573. The highest BCUT2D eigenvalue weighted by Crippen LogP contribution is 2.26. The van der Waals surface area contributed by atoms with Crippen molar-refractivity contribution in [1.82, 2.24) is 4.90 Å². The third-order valence-corrected chi connectivity index (χ3v) is 3.40. The fourth-order valence-corrected chi connectivity index (χ4v) is 2.53. The van der Waals surface area contributed by atoms with Crippen molar-refractivity contribution in [2.45, 2.75) is 32.4 Å². The second-order valence-corrected chi connectivity index (χ2v) is 4.73. The van der Waals surface area contributed by atoms with Crippen LogP contribution in [0.15, 0.2) is 30.3 Å². The van der Waals surface area contributed by atoms with Crippen LogP contribution in [0.3, 0.4) is 0 Å². The van der Waals surface area contributed by atoms with Gasteiger partial charge in [0.15, 0.2) is 0 Å². The molecule has 0 aromatic heterocycles. The molecule has 0 amide bonds. The van der Waals surface area contributed by atoms with Gasteiger partial charge in [-0.15, -0.1) is 0 Å². The van der Waals surface area contributed by atoms with Crippen LogP contribution in [-0.2, 0) is 6.54 Å². The summed E-state index contributed by atoms with van der Waals surface area (Å²) >= 11 is 0. The predicted molar refractivity (Wildman–Crippen MR) is 64.7 cm³/mol. The molecule has 0 aliphatic carbocycles. The second kappa shape index (κ2) is 5.14. The lowest BCUT2D eigenvalue weighted by molar-refractivity contribution is 0.256. The van der Waals surface area contributed by atoms with E-state index >= 15 is 0 Å². The van der Waals surface area contributed by atoms with E-state index < -0.39 is 0 Å². The summed E-state index contributed by atoms with van der Waals surface area (Å²) in [6, 6.07) is 13.5. The molecule has 1 aliphatic heterocycles. The van der Waals surface area contributed by atoms with Gasteiger partial charge in [0.1, 0.15) is 0 Å². The molecule has 1 fully saturated rings. The topological polar surface area (TPSA) is 27.0 Å². The molecule has 1 aliphatic rings. The SMILES string of the molecule is CC1CC(CC#N)CN1Cc1ccccc1. The van der Waals surface area contributed by atoms with E-state index in [2.05, 4.69) is 48.2 Å². The van der Waals surface area contributed by atoms with E-state index in [1.165, 1.54) is 12.0 Å². The summed E-state index contributed by atoms with van der Waals surface area (Å²) < 4.78 is 0. The number of nitrogens with zero attached hydrogens (tertiary/aromatic N) is 2. The maximum absolute atomic E-state index is 8.72. The number of hydrogen-bond acceptors (Lipinski definition) is 2. The molecule has 2 unspecified atom stereocenters. The smallest absolute Gasteiger partial charge is 0.0625 e. The molecule has 2 rings (SSSR count). The predicted octanol–water partition coefficient (Wildman–Crippen LogP) is 2.81. The summed E-state index contributed by atoms with van der Waals surface area (Å²) in [7, 11) is 0. The standard InChI is InChI=1S/C14H18N2/c1-12-9-14(7-8-15)11-16(12)10-13-5-3-2-4-6-13/h2-6,12,14H,7,9-11H2,1H3. The molecule has 0 saturated carbocycles. The van der Waals surface area contributed by atoms with Crippen molar-refractivity contribution in [3.63, 3.8) is 0 Å². The lowest BCUT2D eigenvalue weighted by Gasteiger charge is -2.20. The zero-order valence-electron chi connectivity index (χ0n) is 9.76. The second-order valence-electron chi connectivity index (χ2n) is 4.73. The monoisotopic (exact) mass is 214 g/mol. The normalized spacial score (nSPS) is 25.5. The molecule has 16 heavy (non-hydrogen) atoms. The van der Waals surface area contributed by atoms with E-state index in [9.17, 15) is 0 Å². The van der Waals surface area contributed by atoms with Gasteiger partial charge in [0, 0.05) is 25.6 Å². The maximum Gasteiger partial charge on any atom is 0.0625 e. The van der Waals surface area contributed by atoms with Crippen LogP contribution < -0.4 is 0 Å². The number of rotatable bonds is 3. The van der Waals surface area contributed by atoms with Crippen LogP contribution in [-0.4, -0.2) is 17.5 Å². The van der Waals surface area contributed by atoms with E-state index in [4.69, 9.17) is 5.26 Å². The third kappa shape index (κ3) is 2.62. The molecule has 0 bridgehead atoms. The molecule has 0 N–H and O–H groups in total. The Hall–Kier alpha value is -1.33. The Balaban J connectivity index is 1.94. The average Bonchev–Trinajstić information content (AvgIpc) is 2.61. The van der Waals surface area contributed by atoms with Crippen molar-refractivity contribution in [2.75, 3.05) is 6.54 Å². The van der Waals surface area contributed by atoms with Gasteiger partial charge >= 0.3 is 0 Å². The molecule has 0 spiro atoms. The van der Waals surface area contributed by atoms with Gasteiger partial charge in [-0.25, -0.2) is 0 Å². The molecule has 1 aromatic rings. The number of likely N-dealkylation sites (tertiary alicyclic amines) is 1. The Kier molecular flexibility index (Phi) is 3.58. The first-order valence-electron chi connectivity index (χ1n) is 5.94. The van der Waals surface area contributed by atoms with Crippen LogP contribution in [0.2, 0.25) is 0 Å². The molecule has 1 aromatic carbocycles. The van der Waals surface area contributed by atoms with Crippen molar-refractivity contribution < 1.29 is 0 Å². The molecule has 84 valence electrons. The summed E-state index contributed by atoms with van der Waals surface area (Å²) in [5.41, 5.74) is 1.37. The van der Waals surface area contributed by atoms with Crippen LogP contribution in [0.5, 0.6) is 0 Å². The van der Waals surface area contributed by atoms with Crippen molar-refractivity contribution in [2.24, 2.45) is 5.92 Å². The first-order chi connectivity index (χ1) is 7.79. The van der Waals surface area contributed by atoms with Gasteiger partial charge < -0.3 is 0 Å². The van der Waals surface area contributed by atoms with Crippen molar-refractivity contribution in [1.29, 1.82) is 5.26 Å². The summed E-state index contributed by atoms with van der Waals surface area (Å²) in [4.78, 5) is 2.48. The summed E-state index contributed by atoms with van der Waals surface area (Å²) in [5, 5.41) is 8.72. The molecular formula is C14H18N2. The number of benzene rings is 1. The van der Waals surface area contributed by atoms with Gasteiger partial charge in [-0.05, 0) is 24.8 Å². The van der Waals surface area contributed by atoms with Gasteiger partial charge in [-0.2, -0.15) is 5.26 Å². The highest BCUT2D eigenvalue weighted by Gasteiger charge is 2.28. The minimum Gasteiger partial charge on any atom is -0.296 e. The summed E-state index contributed by atoms with van der Waals surface area (Å²) in [5.74, 6) is 0.573. The van der Waals surface area contributed by atoms with E-state index in [1.807, 2.05) is 0 Å². The van der Waals surface area contributed by atoms with Gasteiger partial charge in [-0.1, -0.05) is 30.3 Å². The Morgan fingerprint density at radius 1 is 1.38 bits per heavy atom. The molecule has 0 radical (unpaired) electrons. The average molecular weight is 214 g/mol. The van der Waals surface area contributed by atoms with Gasteiger partial charge in [0.2, 0.25) is 0 Å². The number of nitriles is 1. The lowest BCUT2D eigenvalue weighted by Crippen LogP contribution is -2.26. The summed E-state index contributed by atoms with van der Waals surface area (Å²) in [6.45, 7) is 4.36. The Labute approximate surface area is 97.5 Å². The fraction of sp³-hybridized carbons (Fsp3) is 0.500. The van der Waals surface area contributed by atoms with E-state index in [0.717, 1.165) is 13.1 Å². The Morgan fingerprint density at radius 3 is 2.81 bits per heavy atom. The van der Waals surface area contributed by atoms with Crippen molar-refractivity contribution in [3.8, 4) is 6.07 Å². The Bertz CT molecular complexity index is 366. The van der Waals surface area contributed by atoms with Crippen LogP contribution in [0.25, 0.3) is 0 Å². The molecule has 1 heterocycles. The Morgan fingerprint density at radius 2 is 2.12 bits per heavy atom.